The summed E-state index contributed by atoms with van der Waals surface area (Å²) in [7, 11) is 0. The van der Waals surface area contributed by atoms with E-state index in [1.807, 2.05) is 79.2 Å². The summed E-state index contributed by atoms with van der Waals surface area (Å²) in [5.74, 6) is 0.825. The number of fused-ring (bicyclic) bond motifs is 1. The third kappa shape index (κ3) is 3.62. The van der Waals surface area contributed by atoms with Crippen LogP contribution in [0.3, 0.4) is 0 Å². The Morgan fingerprint density at radius 1 is 1.11 bits per heavy atom. The molecule has 0 spiro atoms. The number of para-hydroxylation sites is 1. The van der Waals surface area contributed by atoms with E-state index in [0.29, 0.717) is 11.8 Å². The first-order valence-corrected chi connectivity index (χ1v) is 9.41. The quantitative estimate of drug-likeness (QED) is 0.332. The van der Waals surface area contributed by atoms with E-state index in [1.165, 1.54) is 0 Å². The molecule has 0 unspecified atom stereocenters. The molecule has 4 aromatic rings. The predicted octanol–water partition coefficient (Wildman–Crippen LogP) is 5.53. The normalized spacial score (nSPS) is 11.4. The van der Waals surface area contributed by atoms with E-state index in [9.17, 15) is 0 Å². The highest BCUT2D eigenvalue weighted by molar-refractivity contribution is 6.32. The molecule has 140 valence electrons. The van der Waals surface area contributed by atoms with Crippen molar-refractivity contribution in [3.8, 4) is 11.4 Å². The fourth-order valence-corrected chi connectivity index (χ4v) is 3.14. The van der Waals surface area contributed by atoms with Crippen molar-refractivity contribution in [2.75, 3.05) is 6.61 Å². The van der Waals surface area contributed by atoms with E-state index in [-0.39, 0.29) is 0 Å². The Hall–Kier alpha value is -3.18. The second kappa shape index (κ2) is 7.82. The van der Waals surface area contributed by atoms with Gasteiger partial charge in [0.1, 0.15) is 10.9 Å². The van der Waals surface area contributed by atoms with Gasteiger partial charge in [-0.25, -0.2) is 9.67 Å². The molecule has 2 aromatic heterocycles. The summed E-state index contributed by atoms with van der Waals surface area (Å²) >= 11 is 6.44. The van der Waals surface area contributed by atoms with Crippen LogP contribution in [0, 0.1) is 6.92 Å². The van der Waals surface area contributed by atoms with Gasteiger partial charge in [-0.05, 0) is 56.3 Å². The number of nitrogens with zero attached hydrogens (tertiary/aromatic N) is 4. The smallest absolute Gasteiger partial charge is 0.164 e. The first-order chi connectivity index (χ1) is 13.7. The molecule has 0 bridgehead atoms. The number of benzene rings is 2. The highest BCUT2D eigenvalue weighted by Crippen LogP contribution is 2.25. The molecule has 0 saturated carbocycles. The third-order valence-electron chi connectivity index (χ3n) is 4.32. The van der Waals surface area contributed by atoms with Crippen molar-refractivity contribution in [1.82, 2.24) is 14.8 Å². The van der Waals surface area contributed by atoms with E-state index in [0.717, 1.165) is 39.4 Å². The number of rotatable bonds is 5. The zero-order valence-corrected chi connectivity index (χ0v) is 16.4. The Morgan fingerprint density at radius 2 is 1.86 bits per heavy atom. The standard InChI is InChI=1S/C22H19ClN4O/c1-3-28-19-11-9-17(10-12-19)24-14-16-13-20-15(2)26-27(22(20)25-21(16)23)18-7-5-4-6-8-18/h4-14H,3H2,1-2H3. The molecule has 0 aliphatic carbocycles. The van der Waals surface area contributed by atoms with E-state index in [4.69, 9.17) is 16.3 Å². The molecular weight excluding hydrogens is 372 g/mol. The first kappa shape index (κ1) is 18.2. The maximum absolute atomic E-state index is 6.44. The molecule has 0 aliphatic heterocycles. The molecule has 0 amide bonds. The summed E-state index contributed by atoms with van der Waals surface area (Å²) in [6.45, 7) is 4.56. The van der Waals surface area contributed by atoms with Gasteiger partial charge in [-0.2, -0.15) is 5.10 Å². The highest BCUT2D eigenvalue weighted by Gasteiger charge is 2.13. The zero-order chi connectivity index (χ0) is 19.5. The first-order valence-electron chi connectivity index (χ1n) is 9.04. The summed E-state index contributed by atoms with van der Waals surface area (Å²) < 4.78 is 7.26. The monoisotopic (exact) mass is 390 g/mol. The van der Waals surface area contributed by atoms with Crippen LogP contribution in [0.15, 0.2) is 65.7 Å². The van der Waals surface area contributed by atoms with Crippen molar-refractivity contribution >= 4 is 34.5 Å². The molecule has 0 N–H and O–H groups in total. The number of aromatic nitrogens is 3. The Bertz CT molecular complexity index is 1130. The summed E-state index contributed by atoms with van der Waals surface area (Å²) in [4.78, 5) is 9.09. The number of hydrogen-bond acceptors (Lipinski definition) is 4. The fourth-order valence-electron chi connectivity index (χ4n) is 2.96. The summed E-state index contributed by atoms with van der Waals surface area (Å²) in [6.07, 6.45) is 1.73. The average Bonchev–Trinajstić information content (AvgIpc) is 3.04. The third-order valence-corrected chi connectivity index (χ3v) is 4.63. The minimum atomic E-state index is 0.388. The second-order valence-corrected chi connectivity index (χ2v) is 6.62. The largest absolute Gasteiger partial charge is 0.494 e. The van der Waals surface area contributed by atoms with Crippen LogP contribution in [-0.4, -0.2) is 27.6 Å². The van der Waals surface area contributed by atoms with Crippen LogP contribution in [0.4, 0.5) is 5.69 Å². The number of aliphatic imine (C=N–C) groups is 1. The van der Waals surface area contributed by atoms with Crippen molar-refractivity contribution in [1.29, 1.82) is 0 Å². The van der Waals surface area contributed by atoms with Gasteiger partial charge in [0, 0.05) is 17.2 Å². The van der Waals surface area contributed by atoms with Crippen molar-refractivity contribution in [3.63, 3.8) is 0 Å². The van der Waals surface area contributed by atoms with Crippen molar-refractivity contribution in [2.45, 2.75) is 13.8 Å². The number of pyridine rings is 1. The lowest BCUT2D eigenvalue weighted by Gasteiger charge is -2.04. The Labute approximate surface area is 168 Å². The number of ether oxygens (including phenoxy) is 1. The minimum Gasteiger partial charge on any atom is -0.494 e. The molecule has 0 atom stereocenters. The SMILES string of the molecule is CCOc1ccc(N=Cc2cc3c(C)nn(-c4ccccc4)c3nc2Cl)cc1. The predicted molar refractivity (Wildman–Crippen MR) is 113 cm³/mol. The molecule has 0 saturated heterocycles. The van der Waals surface area contributed by atoms with E-state index in [1.54, 1.807) is 6.21 Å². The van der Waals surface area contributed by atoms with E-state index < -0.39 is 0 Å². The zero-order valence-electron chi connectivity index (χ0n) is 15.6. The van der Waals surface area contributed by atoms with Gasteiger partial charge >= 0.3 is 0 Å². The Balaban J connectivity index is 1.69. The van der Waals surface area contributed by atoms with Crippen LogP contribution in [0.5, 0.6) is 5.75 Å². The molecule has 2 aromatic carbocycles. The maximum atomic E-state index is 6.44. The number of hydrogen-bond donors (Lipinski definition) is 0. The maximum Gasteiger partial charge on any atom is 0.164 e. The topological polar surface area (TPSA) is 52.3 Å². The van der Waals surface area contributed by atoms with Crippen LogP contribution in [0.25, 0.3) is 16.7 Å². The minimum absolute atomic E-state index is 0.388. The van der Waals surface area contributed by atoms with Crippen molar-refractivity contribution < 1.29 is 4.74 Å². The average molecular weight is 391 g/mol. The Kier molecular flexibility index (Phi) is 5.08. The summed E-state index contributed by atoms with van der Waals surface area (Å²) in [5.41, 5.74) is 4.13. The van der Waals surface area contributed by atoms with Crippen LogP contribution >= 0.6 is 11.6 Å². The molecule has 28 heavy (non-hydrogen) atoms. The van der Waals surface area contributed by atoms with Gasteiger partial charge in [-0.1, -0.05) is 29.8 Å². The van der Waals surface area contributed by atoms with E-state index >= 15 is 0 Å². The van der Waals surface area contributed by atoms with E-state index in [2.05, 4.69) is 15.1 Å². The molecule has 0 radical (unpaired) electrons. The van der Waals surface area contributed by atoms with Crippen molar-refractivity contribution in [2.24, 2.45) is 4.99 Å². The summed E-state index contributed by atoms with van der Waals surface area (Å²) in [5, 5.41) is 5.96. The van der Waals surface area contributed by atoms with Gasteiger partial charge in [0.05, 0.1) is 23.7 Å². The van der Waals surface area contributed by atoms with Gasteiger partial charge in [0.15, 0.2) is 5.65 Å². The molecule has 4 rings (SSSR count). The van der Waals surface area contributed by atoms with Crippen LogP contribution in [-0.2, 0) is 0 Å². The molecule has 6 heteroatoms. The molecule has 0 aliphatic rings. The second-order valence-electron chi connectivity index (χ2n) is 6.26. The molecule has 0 fully saturated rings. The molecule has 5 nitrogen and oxygen atoms in total. The van der Waals surface area contributed by atoms with Crippen LogP contribution in [0.2, 0.25) is 5.15 Å². The molecule has 2 heterocycles. The Morgan fingerprint density at radius 3 is 2.57 bits per heavy atom. The van der Waals surface area contributed by atoms with Gasteiger partial charge in [-0.15, -0.1) is 0 Å². The van der Waals surface area contributed by atoms with Gasteiger partial charge in [0.2, 0.25) is 0 Å². The number of aryl methyl sites for hydroxylation is 1. The highest BCUT2D eigenvalue weighted by atomic mass is 35.5. The van der Waals surface area contributed by atoms with Gasteiger partial charge in [-0.3, -0.25) is 4.99 Å². The number of halogens is 1. The van der Waals surface area contributed by atoms with Gasteiger partial charge < -0.3 is 4.74 Å². The van der Waals surface area contributed by atoms with Crippen LogP contribution < -0.4 is 4.74 Å². The lowest BCUT2D eigenvalue weighted by Crippen LogP contribution is -1.98. The lowest BCUT2D eigenvalue weighted by atomic mass is 10.2. The van der Waals surface area contributed by atoms with Crippen LogP contribution in [0.1, 0.15) is 18.2 Å². The summed E-state index contributed by atoms with van der Waals surface area (Å²) in [6, 6.07) is 19.5. The van der Waals surface area contributed by atoms with Gasteiger partial charge in [0.25, 0.3) is 0 Å². The van der Waals surface area contributed by atoms with Crippen molar-refractivity contribution in [3.05, 3.63) is 77.1 Å². The molecular formula is C22H19ClN4O. The lowest BCUT2D eigenvalue weighted by molar-refractivity contribution is 0.340. The fraction of sp³-hybridized carbons (Fsp3) is 0.136.